The smallest absolute Gasteiger partial charge is 0.199 e. The SMILES string of the molecule is CC(=O)c1ccc(Nc2nc(=S)[nH]c3ccccc23)cc1. The first-order chi connectivity index (χ1) is 10.1. The zero-order chi connectivity index (χ0) is 14.8. The van der Waals surface area contributed by atoms with Crippen LogP contribution in [-0.2, 0) is 0 Å². The van der Waals surface area contributed by atoms with Crippen LogP contribution in [0, 0.1) is 4.77 Å². The maximum absolute atomic E-state index is 11.3. The zero-order valence-electron chi connectivity index (χ0n) is 11.4. The second-order valence-electron chi connectivity index (χ2n) is 4.69. The topological polar surface area (TPSA) is 57.8 Å². The van der Waals surface area contributed by atoms with Crippen molar-refractivity contribution < 1.29 is 4.79 Å². The fourth-order valence-electron chi connectivity index (χ4n) is 2.12. The molecule has 0 aliphatic heterocycles. The van der Waals surface area contributed by atoms with Crippen LogP contribution in [0.1, 0.15) is 17.3 Å². The first-order valence-electron chi connectivity index (χ1n) is 6.50. The van der Waals surface area contributed by atoms with E-state index < -0.39 is 0 Å². The van der Waals surface area contributed by atoms with E-state index in [1.54, 1.807) is 19.1 Å². The van der Waals surface area contributed by atoms with E-state index in [0.717, 1.165) is 16.6 Å². The number of carbonyl (C=O) groups excluding carboxylic acids is 1. The monoisotopic (exact) mass is 295 g/mol. The number of H-pyrrole nitrogens is 1. The van der Waals surface area contributed by atoms with Gasteiger partial charge in [0, 0.05) is 16.6 Å². The van der Waals surface area contributed by atoms with Crippen molar-refractivity contribution >= 4 is 40.4 Å². The Kier molecular flexibility index (Phi) is 3.50. The molecule has 5 heteroatoms. The summed E-state index contributed by atoms with van der Waals surface area (Å²) in [6, 6.07) is 15.1. The lowest BCUT2D eigenvalue weighted by Crippen LogP contribution is -1.98. The Morgan fingerprint density at radius 1 is 1.14 bits per heavy atom. The second-order valence-corrected chi connectivity index (χ2v) is 5.08. The van der Waals surface area contributed by atoms with E-state index in [1.807, 2.05) is 36.4 Å². The fourth-order valence-corrected chi connectivity index (χ4v) is 2.33. The summed E-state index contributed by atoms with van der Waals surface area (Å²) in [5.41, 5.74) is 2.47. The van der Waals surface area contributed by atoms with Crippen molar-refractivity contribution in [1.29, 1.82) is 0 Å². The predicted molar refractivity (Wildman–Crippen MR) is 86.7 cm³/mol. The quantitative estimate of drug-likeness (QED) is 0.560. The van der Waals surface area contributed by atoms with Crippen molar-refractivity contribution in [1.82, 2.24) is 9.97 Å². The van der Waals surface area contributed by atoms with Crippen LogP contribution in [0.2, 0.25) is 0 Å². The Balaban J connectivity index is 2.01. The molecule has 0 unspecified atom stereocenters. The number of Topliss-reactive ketones (excluding diaryl/α,β-unsaturated/α-hetero) is 1. The number of para-hydroxylation sites is 1. The third kappa shape index (κ3) is 2.83. The summed E-state index contributed by atoms with van der Waals surface area (Å²) in [7, 11) is 0. The summed E-state index contributed by atoms with van der Waals surface area (Å²) in [6.45, 7) is 1.55. The Morgan fingerprint density at radius 3 is 2.57 bits per heavy atom. The number of hydrogen-bond donors (Lipinski definition) is 2. The van der Waals surface area contributed by atoms with Crippen LogP contribution in [0.15, 0.2) is 48.5 Å². The van der Waals surface area contributed by atoms with Gasteiger partial charge < -0.3 is 10.3 Å². The summed E-state index contributed by atoms with van der Waals surface area (Å²) in [5.74, 6) is 0.747. The van der Waals surface area contributed by atoms with Crippen molar-refractivity contribution in [3.8, 4) is 0 Å². The number of anilines is 2. The lowest BCUT2D eigenvalue weighted by Gasteiger charge is -2.09. The molecule has 0 bridgehead atoms. The number of carbonyl (C=O) groups is 1. The van der Waals surface area contributed by atoms with Crippen LogP contribution in [0.5, 0.6) is 0 Å². The molecule has 0 amide bonds. The molecule has 2 N–H and O–H groups in total. The van der Waals surface area contributed by atoms with Gasteiger partial charge in [-0.15, -0.1) is 0 Å². The van der Waals surface area contributed by atoms with Gasteiger partial charge in [0.1, 0.15) is 5.82 Å². The molecule has 0 aliphatic rings. The maximum Gasteiger partial charge on any atom is 0.199 e. The van der Waals surface area contributed by atoms with Crippen molar-refractivity contribution in [2.75, 3.05) is 5.32 Å². The largest absolute Gasteiger partial charge is 0.340 e. The summed E-state index contributed by atoms with van der Waals surface area (Å²) in [5, 5.41) is 4.20. The highest BCUT2D eigenvalue weighted by atomic mass is 32.1. The van der Waals surface area contributed by atoms with Crippen molar-refractivity contribution in [3.05, 3.63) is 58.9 Å². The van der Waals surface area contributed by atoms with Gasteiger partial charge in [0.25, 0.3) is 0 Å². The zero-order valence-corrected chi connectivity index (χ0v) is 12.2. The van der Waals surface area contributed by atoms with Crippen LogP contribution in [0.3, 0.4) is 0 Å². The van der Waals surface area contributed by atoms with E-state index >= 15 is 0 Å². The predicted octanol–water partition coefficient (Wildman–Crippen LogP) is 4.24. The summed E-state index contributed by atoms with van der Waals surface area (Å²) >= 11 is 5.15. The lowest BCUT2D eigenvalue weighted by atomic mass is 10.1. The molecule has 21 heavy (non-hydrogen) atoms. The van der Waals surface area contributed by atoms with E-state index in [0.29, 0.717) is 16.2 Å². The van der Waals surface area contributed by atoms with Crippen molar-refractivity contribution in [2.45, 2.75) is 6.92 Å². The van der Waals surface area contributed by atoms with E-state index in [4.69, 9.17) is 12.2 Å². The first-order valence-corrected chi connectivity index (χ1v) is 6.91. The third-order valence-corrected chi connectivity index (χ3v) is 3.38. The van der Waals surface area contributed by atoms with E-state index in [9.17, 15) is 4.79 Å². The van der Waals surface area contributed by atoms with Crippen LogP contribution >= 0.6 is 12.2 Å². The second kappa shape index (κ2) is 5.46. The minimum absolute atomic E-state index is 0.0484. The van der Waals surface area contributed by atoms with Gasteiger partial charge in [-0.05, 0) is 55.5 Å². The average Bonchev–Trinajstić information content (AvgIpc) is 2.47. The van der Waals surface area contributed by atoms with Crippen LogP contribution in [0.25, 0.3) is 10.9 Å². The van der Waals surface area contributed by atoms with Gasteiger partial charge in [-0.25, -0.2) is 4.98 Å². The maximum atomic E-state index is 11.3. The fraction of sp³-hybridized carbons (Fsp3) is 0.0625. The number of ketones is 1. The van der Waals surface area contributed by atoms with E-state index in [2.05, 4.69) is 15.3 Å². The standard InChI is InChI=1S/C16H13N3OS/c1-10(20)11-6-8-12(9-7-11)17-15-13-4-2-3-5-14(13)18-16(21)19-15/h2-9H,1H3,(H2,17,18,19,21). The van der Waals surface area contributed by atoms with Gasteiger partial charge in [-0.1, -0.05) is 12.1 Å². The molecule has 0 aliphatic carbocycles. The lowest BCUT2D eigenvalue weighted by molar-refractivity contribution is 0.101. The molecule has 104 valence electrons. The highest BCUT2D eigenvalue weighted by molar-refractivity contribution is 7.71. The average molecular weight is 295 g/mol. The number of aromatic amines is 1. The van der Waals surface area contributed by atoms with Crippen LogP contribution in [-0.4, -0.2) is 15.8 Å². The molecule has 3 aromatic rings. The number of nitrogens with zero attached hydrogens (tertiary/aromatic N) is 1. The van der Waals surface area contributed by atoms with Crippen molar-refractivity contribution in [3.63, 3.8) is 0 Å². The van der Waals surface area contributed by atoms with E-state index in [-0.39, 0.29) is 5.78 Å². The molecule has 2 aromatic carbocycles. The molecule has 3 rings (SSSR count). The highest BCUT2D eigenvalue weighted by Crippen LogP contribution is 2.23. The van der Waals surface area contributed by atoms with Gasteiger partial charge in [-0.3, -0.25) is 4.79 Å². The number of aromatic nitrogens is 2. The van der Waals surface area contributed by atoms with Gasteiger partial charge in [0.2, 0.25) is 0 Å². The Labute approximate surface area is 126 Å². The number of fused-ring (bicyclic) bond motifs is 1. The Morgan fingerprint density at radius 2 is 1.86 bits per heavy atom. The number of nitrogens with one attached hydrogen (secondary N) is 2. The molecule has 1 aromatic heterocycles. The van der Waals surface area contributed by atoms with Crippen LogP contribution < -0.4 is 5.32 Å². The molecule has 1 heterocycles. The molecule has 0 saturated carbocycles. The van der Waals surface area contributed by atoms with Crippen LogP contribution in [0.4, 0.5) is 11.5 Å². The molecule has 0 saturated heterocycles. The first kappa shape index (κ1) is 13.5. The molecule has 0 radical (unpaired) electrons. The number of benzene rings is 2. The van der Waals surface area contributed by atoms with Gasteiger partial charge in [0.05, 0.1) is 5.52 Å². The number of rotatable bonds is 3. The highest BCUT2D eigenvalue weighted by Gasteiger charge is 2.04. The summed E-state index contributed by atoms with van der Waals surface area (Å²) in [4.78, 5) is 18.7. The van der Waals surface area contributed by atoms with Crippen molar-refractivity contribution in [2.24, 2.45) is 0 Å². The normalized spacial score (nSPS) is 10.5. The summed E-state index contributed by atoms with van der Waals surface area (Å²) < 4.78 is 0.427. The Hall–Kier alpha value is -2.53. The third-order valence-electron chi connectivity index (χ3n) is 3.19. The van der Waals surface area contributed by atoms with Gasteiger partial charge in [-0.2, -0.15) is 0 Å². The number of hydrogen-bond acceptors (Lipinski definition) is 4. The van der Waals surface area contributed by atoms with Gasteiger partial charge >= 0.3 is 0 Å². The molecule has 4 nitrogen and oxygen atoms in total. The minimum Gasteiger partial charge on any atom is -0.340 e. The summed E-state index contributed by atoms with van der Waals surface area (Å²) in [6.07, 6.45) is 0. The van der Waals surface area contributed by atoms with Gasteiger partial charge in [0.15, 0.2) is 10.6 Å². The minimum atomic E-state index is 0.0484. The molecule has 0 atom stereocenters. The Bertz CT molecular complexity index is 869. The molecular formula is C16H13N3OS. The molecular weight excluding hydrogens is 282 g/mol. The molecule has 0 fully saturated rings. The molecule has 0 spiro atoms. The van der Waals surface area contributed by atoms with E-state index in [1.165, 1.54) is 0 Å².